The van der Waals surface area contributed by atoms with E-state index < -0.39 is 6.23 Å². The van der Waals surface area contributed by atoms with Gasteiger partial charge in [0.2, 0.25) is 6.23 Å². The number of hydrogen-bond donors (Lipinski definition) is 2. The van der Waals surface area contributed by atoms with Crippen LogP contribution in [0.15, 0.2) is 59.2 Å². The van der Waals surface area contributed by atoms with Crippen LogP contribution in [0.5, 0.6) is 5.75 Å². The van der Waals surface area contributed by atoms with Gasteiger partial charge in [-0.1, -0.05) is 18.2 Å². The Bertz CT molecular complexity index is 1060. The summed E-state index contributed by atoms with van der Waals surface area (Å²) in [7, 11) is 0. The van der Waals surface area contributed by atoms with E-state index in [4.69, 9.17) is 14.9 Å². The first-order chi connectivity index (χ1) is 14.9. The zero-order valence-electron chi connectivity index (χ0n) is 17.6. The molecular formula is C24H26FN3O3. The number of hydrogen-bond acceptors (Lipinski definition) is 6. The highest BCUT2D eigenvalue weighted by atomic mass is 19.1. The van der Waals surface area contributed by atoms with Crippen molar-refractivity contribution in [3.05, 3.63) is 71.9 Å². The van der Waals surface area contributed by atoms with Crippen molar-refractivity contribution in [2.24, 2.45) is 5.73 Å². The van der Waals surface area contributed by atoms with Crippen LogP contribution in [0, 0.1) is 5.82 Å². The molecule has 1 aromatic heterocycles. The summed E-state index contributed by atoms with van der Waals surface area (Å²) in [5.74, 6) is 1.18. The van der Waals surface area contributed by atoms with Crippen LogP contribution < -0.4 is 15.8 Å². The molecule has 7 heteroatoms. The average Bonchev–Trinajstić information content (AvgIpc) is 3.40. The predicted octanol–water partition coefficient (Wildman–Crippen LogP) is 4.15. The number of nitrogens with one attached hydrogen (secondary N) is 1. The van der Waals surface area contributed by atoms with Crippen molar-refractivity contribution >= 4 is 12.0 Å². The van der Waals surface area contributed by atoms with Gasteiger partial charge >= 0.3 is 0 Å². The van der Waals surface area contributed by atoms with Crippen LogP contribution in [-0.4, -0.2) is 29.5 Å². The average molecular weight is 423 g/mol. The summed E-state index contributed by atoms with van der Waals surface area (Å²) in [6, 6.07) is 14.2. The summed E-state index contributed by atoms with van der Waals surface area (Å²) in [5.41, 5.74) is 9.40. The third kappa shape index (κ3) is 4.62. The van der Waals surface area contributed by atoms with Crippen LogP contribution in [0.25, 0.3) is 11.1 Å². The molecule has 2 aromatic carbocycles. The fourth-order valence-corrected chi connectivity index (χ4v) is 3.53. The molecule has 0 saturated heterocycles. The number of rotatable bonds is 8. The number of furan rings is 1. The molecule has 0 bridgehead atoms. The molecule has 1 aliphatic heterocycles. The predicted molar refractivity (Wildman–Crippen MR) is 117 cm³/mol. The number of carbonyl (C=O) groups is 1. The lowest BCUT2D eigenvalue weighted by Crippen LogP contribution is -2.48. The lowest BCUT2D eigenvalue weighted by Gasteiger charge is -2.37. The minimum absolute atomic E-state index is 0.253. The standard InChI is InChI=1S/C24H26FN3O3/c1-24(2,15-26)28(11-16-3-6-19(25)7-4-16)12-20-9-18(14-30-20)17-5-8-21-22(10-17)31-23(13-29)27-21/h3-10,13-14,23,27H,11-12,15,26H2,1-2H3. The van der Waals surface area contributed by atoms with E-state index in [0.717, 1.165) is 34.4 Å². The Kier molecular flexibility index (Phi) is 5.80. The molecule has 0 saturated carbocycles. The highest BCUT2D eigenvalue weighted by Crippen LogP contribution is 2.36. The van der Waals surface area contributed by atoms with E-state index in [1.807, 2.05) is 24.3 Å². The molecule has 0 radical (unpaired) electrons. The van der Waals surface area contributed by atoms with E-state index >= 15 is 0 Å². The number of fused-ring (bicyclic) bond motifs is 1. The Morgan fingerprint density at radius 1 is 1.13 bits per heavy atom. The second kappa shape index (κ2) is 8.53. The maximum absolute atomic E-state index is 13.3. The molecule has 4 rings (SSSR count). The van der Waals surface area contributed by atoms with Crippen LogP contribution in [-0.2, 0) is 17.9 Å². The van der Waals surface area contributed by atoms with Crippen LogP contribution in [0.4, 0.5) is 10.1 Å². The third-order valence-corrected chi connectivity index (χ3v) is 5.63. The fourth-order valence-electron chi connectivity index (χ4n) is 3.53. The highest BCUT2D eigenvalue weighted by molar-refractivity contribution is 5.76. The number of anilines is 1. The van der Waals surface area contributed by atoms with Crippen LogP contribution >= 0.6 is 0 Å². The van der Waals surface area contributed by atoms with Gasteiger partial charge in [0.1, 0.15) is 17.3 Å². The zero-order chi connectivity index (χ0) is 22.0. The molecule has 2 heterocycles. The Labute approximate surface area is 180 Å². The summed E-state index contributed by atoms with van der Waals surface area (Å²) < 4.78 is 24.7. The first-order valence-corrected chi connectivity index (χ1v) is 10.2. The van der Waals surface area contributed by atoms with Crippen molar-refractivity contribution < 1.29 is 18.3 Å². The molecule has 1 atom stereocenters. The van der Waals surface area contributed by atoms with Crippen LogP contribution in [0.2, 0.25) is 0 Å². The van der Waals surface area contributed by atoms with Crippen LogP contribution in [0.3, 0.4) is 0 Å². The zero-order valence-corrected chi connectivity index (χ0v) is 17.6. The molecule has 0 fully saturated rings. The van der Waals surface area contributed by atoms with E-state index in [2.05, 4.69) is 24.1 Å². The first-order valence-electron chi connectivity index (χ1n) is 10.2. The van der Waals surface area contributed by atoms with Gasteiger partial charge < -0.3 is 20.2 Å². The summed E-state index contributed by atoms with van der Waals surface area (Å²) in [4.78, 5) is 13.2. The Morgan fingerprint density at radius 3 is 2.61 bits per heavy atom. The van der Waals surface area contributed by atoms with Gasteiger partial charge in [-0.15, -0.1) is 0 Å². The number of halogens is 1. The molecule has 162 valence electrons. The number of aldehydes is 1. The van der Waals surface area contributed by atoms with E-state index in [9.17, 15) is 9.18 Å². The summed E-state index contributed by atoms with van der Waals surface area (Å²) in [5, 5.41) is 2.99. The van der Waals surface area contributed by atoms with E-state index in [-0.39, 0.29) is 11.4 Å². The molecular weight excluding hydrogens is 397 g/mol. The fraction of sp³-hybridized carbons (Fsp3) is 0.292. The maximum atomic E-state index is 13.3. The van der Waals surface area contributed by atoms with Crippen molar-refractivity contribution in [2.75, 3.05) is 11.9 Å². The minimum atomic E-state index is -0.649. The molecule has 6 nitrogen and oxygen atoms in total. The van der Waals surface area contributed by atoms with Gasteiger partial charge in [-0.3, -0.25) is 9.69 Å². The molecule has 3 aromatic rings. The molecule has 1 aliphatic rings. The maximum Gasteiger partial charge on any atom is 0.226 e. The summed E-state index contributed by atoms with van der Waals surface area (Å²) in [6.07, 6.45) is 1.79. The van der Waals surface area contributed by atoms with Crippen molar-refractivity contribution in [1.29, 1.82) is 0 Å². The van der Waals surface area contributed by atoms with E-state index in [0.29, 0.717) is 25.4 Å². The highest BCUT2D eigenvalue weighted by Gasteiger charge is 2.27. The van der Waals surface area contributed by atoms with Crippen molar-refractivity contribution in [2.45, 2.75) is 38.7 Å². The molecule has 1 unspecified atom stereocenters. The first kappa shape index (κ1) is 21.1. The van der Waals surface area contributed by atoms with Gasteiger partial charge in [-0.25, -0.2) is 4.39 Å². The van der Waals surface area contributed by atoms with Gasteiger partial charge in [0.25, 0.3) is 0 Å². The molecule has 31 heavy (non-hydrogen) atoms. The van der Waals surface area contributed by atoms with Gasteiger partial charge in [0.05, 0.1) is 18.5 Å². The smallest absolute Gasteiger partial charge is 0.226 e. The lowest BCUT2D eigenvalue weighted by atomic mass is 10.0. The Balaban J connectivity index is 1.53. The number of nitrogens with zero attached hydrogens (tertiary/aromatic N) is 1. The topological polar surface area (TPSA) is 80.7 Å². The largest absolute Gasteiger partial charge is 0.467 e. The van der Waals surface area contributed by atoms with Gasteiger partial charge in [0.15, 0.2) is 6.29 Å². The number of carbonyl (C=O) groups excluding carboxylic acids is 1. The van der Waals surface area contributed by atoms with Crippen LogP contribution in [0.1, 0.15) is 25.2 Å². The second-order valence-electron chi connectivity index (χ2n) is 8.33. The van der Waals surface area contributed by atoms with Gasteiger partial charge in [-0.2, -0.15) is 0 Å². The molecule has 0 spiro atoms. The SMILES string of the molecule is CC(C)(CN)N(Cc1ccc(F)cc1)Cc1cc(-c2ccc3c(c2)OC(C=O)N3)co1. The number of benzene rings is 2. The van der Waals surface area contributed by atoms with E-state index in [1.54, 1.807) is 18.4 Å². The number of nitrogens with two attached hydrogens (primary N) is 1. The van der Waals surface area contributed by atoms with Crippen molar-refractivity contribution in [1.82, 2.24) is 4.90 Å². The lowest BCUT2D eigenvalue weighted by molar-refractivity contribution is -0.112. The van der Waals surface area contributed by atoms with Crippen molar-refractivity contribution in [3.8, 4) is 16.9 Å². The second-order valence-corrected chi connectivity index (χ2v) is 8.33. The summed E-state index contributed by atoms with van der Waals surface area (Å²) in [6.45, 7) is 5.79. The molecule has 3 N–H and O–H groups in total. The monoisotopic (exact) mass is 423 g/mol. The van der Waals surface area contributed by atoms with Gasteiger partial charge in [-0.05, 0) is 55.3 Å². The third-order valence-electron chi connectivity index (χ3n) is 5.63. The Hall–Kier alpha value is -3.16. The molecule has 0 amide bonds. The Morgan fingerprint density at radius 2 is 1.90 bits per heavy atom. The normalized spacial score (nSPS) is 15.5. The van der Waals surface area contributed by atoms with Crippen molar-refractivity contribution in [3.63, 3.8) is 0 Å². The van der Waals surface area contributed by atoms with Gasteiger partial charge in [0, 0.05) is 24.2 Å². The summed E-state index contributed by atoms with van der Waals surface area (Å²) >= 11 is 0. The minimum Gasteiger partial charge on any atom is -0.467 e. The quantitative estimate of drug-likeness (QED) is 0.530. The molecule has 0 aliphatic carbocycles. The number of ether oxygens (including phenoxy) is 1. The van der Waals surface area contributed by atoms with E-state index in [1.165, 1.54) is 12.1 Å².